The molecule has 0 unspecified atom stereocenters. The van der Waals surface area contributed by atoms with Crippen LogP contribution in [0.5, 0.6) is 0 Å². The largest absolute Gasteiger partial charge is 0.348 e. The second-order valence-electron chi connectivity index (χ2n) is 5.92. The molecule has 0 saturated carbocycles. The van der Waals surface area contributed by atoms with Crippen molar-refractivity contribution in [2.45, 2.75) is 32.2 Å². The van der Waals surface area contributed by atoms with Gasteiger partial charge in [-0.3, -0.25) is 9.36 Å². The number of para-hydroxylation sites is 1. The highest BCUT2D eigenvalue weighted by molar-refractivity contribution is 5.83. The summed E-state index contributed by atoms with van der Waals surface area (Å²) >= 11 is 0. The van der Waals surface area contributed by atoms with Crippen LogP contribution in [0.15, 0.2) is 67.0 Å². The molecule has 1 atom stereocenters. The molecule has 0 spiro atoms. The zero-order valence-corrected chi connectivity index (χ0v) is 14.3. The van der Waals surface area contributed by atoms with Gasteiger partial charge in [-0.25, -0.2) is 0 Å². The van der Waals surface area contributed by atoms with Crippen molar-refractivity contribution >= 4 is 5.91 Å². The Morgan fingerprint density at radius 1 is 1.08 bits per heavy atom. The second kappa shape index (κ2) is 8.24. The molecule has 3 rings (SSSR count). The Bertz CT molecular complexity index is 799. The molecule has 0 bridgehead atoms. The molecular formula is C20H22N4O. The molecule has 0 radical (unpaired) electrons. The molecule has 1 heterocycles. The number of nitrogens with one attached hydrogen (secondary N) is 1. The van der Waals surface area contributed by atoms with Crippen molar-refractivity contribution in [2.75, 3.05) is 0 Å². The van der Waals surface area contributed by atoms with E-state index in [0.29, 0.717) is 12.4 Å². The number of hydrogen-bond acceptors (Lipinski definition) is 3. The summed E-state index contributed by atoms with van der Waals surface area (Å²) in [6, 6.07) is 19.8. The van der Waals surface area contributed by atoms with Crippen molar-refractivity contribution in [1.29, 1.82) is 0 Å². The Labute approximate surface area is 147 Å². The van der Waals surface area contributed by atoms with Gasteiger partial charge in [-0.05, 0) is 24.1 Å². The lowest BCUT2D eigenvalue weighted by molar-refractivity contribution is -0.122. The fourth-order valence-corrected chi connectivity index (χ4v) is 2.90. The highest BCUT2D eigenvalue weighted by Crippen LogP contribution is 2.21. The molecule has 1 N–H and O–H groups in total. The number of hydrogen-bond donors (Lipinski definition) is 1. The van der Waals surface area contributed by atoms with Crippen LogP contribution in [0, 0.1) is 0 Å². The van der Waals surface area contributed by atoms with E-state index in [2.05, 4.69) is 22.4 Å². The monoisotopic (exact) mass is 334 g/mol. The van der Waals surface area contributed by atoms with Crippen LogP contribution in [0.3, 0.4) is 0 Å². The van der Waals surface area contributed by atoms with Gasteiger partial charge in [0, 0.05) is 5.69 Å². The molecular weight excluding hydrogens is 312 g/mol. The third-order valence-corrected chi connectivity index (χ3v) is 4.17. The molecule has 0 aliphatic carbocycles. The van der Waals surface area contributed by atoms with Gasteiger partial charge < -0.3 is 5.32 Å². The summed E-state index contributed by atoms with van der Waals surface area (Å²) in [5.74, 6) is 0.595. The molecule has 1 aromatic heterocycles. The lowest BCUT2D eigenvalue weighted by atomic mass is 9.94. The number of nitrogens with zero attached hydrogens (tertiary/aromatic N) is 3. The maximum atomic E-state index is 12.7. The Kier molecular flexibility index (Phi) is 5.57. The molecule has 2 aromatic carbocycles. The van der Waals surface area contributed by atoms with E-state index < -0.39 is 0 Å². The third-order valence-electron chi connectivity index (χ3n) is 4.17. The lowest BCUT2D eigenvalue weighted by Gasteiger charge is -2.16. The Morgan fingerprint density at radius 2 is 1.76 bits per heavy atom. The zero-order chi connectivity index (χ0) is 17.5. The normalized spacial score (nSPS) is 11.9. The van der Waals surface area contributed by atoms with Crippen LogP contribution in [-0.4, -0.2) is 20.7 Å². The van der Waals surface area contributed by atoms with E-state index in [1.807, 2.05) is 65.2 Å². The SMILES string of the molecule is CCC[C@@H](C(=O)NCc1nncn1-c1ccccc1)c1ccccc1. The van der Waals surface area contributed by atoms with Gasteiger partial charge in [-0.2, -0.15) is 0 Å². The molecule has 0 aliphatic rings. The van der Waals surface area contributed by atoms with Gasteiger partial charge in [0.2, 0.25) is 5.91 Å². The average molecular weight is 334 g/mol. The number of aromatic nitrogens is 3. The number of rotatable bonds is 7. The van der Waals surface area contributed by atoms with Gasteiger partial charge in [-0.15, -0.1) is 10.2 Å². The number of amides is 1. The van der Waals surface area contributed by atoms with Crippen LogP contribution >= 0.6 is 0 Å². The van der Waals surface area contributed by atoms with E-state index in [4.69, 9.17) is 0 Å². The Balaban J connectivity index is 1.71. The molecule has 128 valence electrons. The Morgan fingerprint density at radius 3 is 2.44 bits per heavy atom. The predicted octanol–water partition coefficient (Wildman–Crippen LogP) is 3.47. The number of carbonyl (C=O) groups excluding carboxylic acids is 1. The molecule has 1 amide bonds. The zero-order valence-electron chi connectivity index (χ0n) is 14.3. The first kappa shape index (κ1) is 16.9. The van der Waals surface area contributed by atoms with Crippen LogP contribution in [0.1, 0.15) is 37.1 Å². The minimum Gasteiger partial charge on any atom is -0.348 e. The summed E-state index contributed by atoms with van der Waals surface area (Å²) in [5, 5.41) is 11.1. The smallest absolute Gasteiger partial charge is 0.227 e. The molecule has 25 heavy (non-hydrogen) atoms. The first-order valence-corrected chi connectivity index (χ1v) is 8.56. The molecule has 0 aliphatic heterocycles. The molecule has 5 nitrogen and oxygen atoms in total. The minimum absolute atomic E-state index is 0.0238. The molecule has 0 saturated heterocycles. The second-order valence-corrected chi connectivity index (χ2v) is 5.92. The minimum atomic E-state index is -0.140. The summed E-state index contributed by atoms with van der Waals surface area (Å²) < 4.78 is 1.89. The fourth-order valence-electron chi connectivity index (χ4n) is 2.90. The summed E-state index contributed by atoms with van der Waals surface area (Å²) in [4.78, 5) is 12.7. The summed E-state index contributed by atoms with van der Waals surface area (Å²) in [5.41, 5.74) is 2.02. The highest BCUT2D eigenvalue weighted by Gasteiger charge is 2.20. The maximum Gasteiger partial charge on any atom is 0.227 e. The average Bonchev–Trinajstić information content (AvgIpc) is 3.14. The summed E-state index contributed by atoms with van der Waals surface area (Å²) in [6.45, 7) is 2.44. The van der Waals surface area contributed by atoms with Crippen molar-refractivity contribution in [3.8, 4) is 5.69 Å². The number of benzene rings is 2. The van der Waals surface area contributed by atoms with Gasteiger partial charge in [0.25, 0.3) is 0 Å². The van der Waals surface area contributed by atoms with E-state index >= 15 is 0 Å². The van der Waals surface area contributed by atoms with Crippen LogP contribution < -0.4 is 5.32 Å². The van der Waals surface area contributed by atoms with E-state index in [9.17, 15) is 4.79 Å². The van der Waals surface area contributed by atoms with Crippen molar-refractivity contribution in [1.82, 2.24) is 20.1 Å². The lowest BCUT2D eigenvalue weighted by Crippen LogP contribution is -2.30. The van der Waals surface area contributed by atoms with Gasteiger partial charge in [0.1, 0.15) is 6.33 Å². The van der Waals surface area contributed by atoms with Crippen LogP contribution in [-0.2, 0) is 11.3 Å². The van der Waals surface area contributed by atoms with Crippen molar-refractivity contribution in [3.63, 3.8) is 0 Å². The van der Waals surface area contributed by atoms with Gasteiger partial charge in [0.15, 0.2) is 5.82 Å². The van der Waals surface area contributed by atoms with E-state index in [0.717, 1.165) is 24.1 Å². The van der Waals surface area contributed by atoms with Crippen LogP contribution in [0.25, 0.3) is 5.69 Å². The van der Waals surface area contributed by atoms with Crippen LogP contribution in [0.4, 0.5) is 0 Å². The Hall–Kier alpha value is -2.95. The van der Waals surface area contributed by atoms with Gasteiger partial charge in [0.05, 0.1) is 12.5 Å². The highest BCUT2D eigenvalue weighted by atomic mass is 16.1. The first-order valence-electron chi connectivity index (χ1n) is 8.56. The number of carbonyl (C=O) groups is 1. The van der Waals surface area contributed by atoms with Crippen molar-refractivity contribution < 1.29 is 4.79 Å². The fraction of sp³-hybridized carbons (Fsp3) is 0.250. The van der Waals surface area contributed by atoms with E-state index in [1.54, 1.807) is 6.33 Å². The summed E-state index contributed by atoms with van der Waals surface area (Å²) in [6.07, 6.45) is 3.44. The quantitative estimate of drug-likeness (QED) is 0.720. The third kappa shape index (κ3) is 4.12. The topological polar surface area (TPSA) is 59.8 Å². The molecule has 0 fully saturated rings. The van der Waals surface area contributed by atoms with Crippen molar-refractivity contribution in [3.05, 3.63) is 78.4 Å². The van der Waals surface area contributed by atoms with Crippen molar-refractivity contribution in [2.24, 2.45) is 0 Å². The van der Waals surface area contributed by atoms with Crippen LogP contribution in [0.2, 0.25) is 0 Å². The van der Waals surface area contributed by atoms with E-state index in [1.165, 1.54) is 0 Å². The molecule has 3 aromatic rings. The first-order chi connectivity index (χ1) is 12.3. The molecule has 5 heteroatoms. The van der Waals surface area contributed by atoms with Gasteiger partial charge in [-0.1, -0.05) is 61.9 Å². The maximum absolute atomic E-state index is 12.7. The standard InChI is InChI=1S/C20H22N4O/c1-2-9-18(16-10-5-3-6-11-16)20(25)21-14-19-23-22-15-24(19)17-12-7-4-8-13-17/h3-8,10-13,15,18H,2,9,14H2,1H3,(H,21,25)/t18-/m1/s1. The van der Waals surface area contributed by atoms with E-state index in [-0.39, 0.29) is 11.8 Å². The van der Waals surface area contributed by atoms with Gasteiger partial charge >= 0.3 is 0 Å². The predicted molar refractivity (Wildman–Crippen MR) is 97.3 cm³/mol. The summed E-state index contributed by atoms with van der Waals surface area (Å²) in [7, 11) is 0.